The fourth-order valence-electron chi connectivity index (χ4n) is 3.04. The molecular weight excluding hydrogens is 330 g/mol. The van der Waals surface area contributed by atoms with Crippen molar-refractivity contribution in [2.24, 2.45) is 10.2 Å². The molecule has 0 saturated heterocycles. The van der Waals surface area contributed by atoms with Gasteiger partial charge in [-0.1, -0.05) is 60.7 Å². The molecule has 0 heterocycles. The Morgan fingerprint density at radius 1 is 0.808 bits per heavy atom. The van der Waals surface area contributed by atoms with Crippen LogP contribution in [0.3, 0.4) is 0 Å². The first kappa shape index (κ1) is 15.7. The van der Waals surface area contributed by atoms with Crippen LogP contribution in [0, 0.1) is 10.1 Å². The van der Waals surface area contributed by atoms with Gasteiger partial charge in [-0.15, -0.1) is 5.10 Å². The Bertz CT molecular complexity index is 1040. The zero-order valence-electron chi connectivity index (χ0n) is 13.5. The number of hydrogen-bond acceptors (Lipinski definition) is 5. The second kappa shape index (κ2) is 6.25. The Morgan fingerprint density at radius 2 is 1.38 bits per heavy atom. The largest absolute Gasteiger partial charge is 0.867 e. The smallest absolute Gasteiger partial charge is 0.262 e. The number of nitro groups is 1. The van der Waals surface area contributed by atoms with Crippen molar-refractivity contribution >= 4 is 17.6 Å². The zero-order valence-corrected chi connectivity index (χ0v) is 13.5. The lowest BCUT2D eigenvalue weighted by Gasteiger charge is -2.09. The van der Waals surface area contributed by atoms with Gasteiger partial charge in [-0.3, -0.25) is 10.1 Å². The van der Waals surface area contributed by atoms with Gasteiger partial charge in [-0.25, -0.2) is 0 Å². The first-order valence-corrected chi connectivity index (χ1v) is 7.91. The third kappa shape index (κ3) is 2.53. The van der Waals surface area contributed by atoms with Crippen LogP contribution in [-0.2, 0) is 0 Å². The molecule has 0 N–H and O–H groups in total. The fourth-order valence-corrected chi connectivity index (χ4v) is 3.04. The van der Waals surface area contributed by atoms with Gasteiger partial charge in [-0.05, 0) is 22.4 Å². The molecule has 0 unspecified atom stereocenters. The summed E-state index contributed by atoms with van der Waals surface area (Å²) in [5.74, 6) is -0.673. The average molecular weight is 342 g/mol. The molecule has 1 aliphatic carbocycles. The van der Waals surface area contributed by atoms with Gasteiger partial charge in [0.1, 0.15) is 5.71 Å². The maximum Gasteiger partial charge on any atom is 0.262 e. The number of benzene rings is 3. The van der Waals surface area contributed by atoms with Gasteiger partial charge < -0.3 is 5.11 Å². The number of nitro benzene ring substituents is 1. The van der Waals surface area contributed by atoms with Crippen molar-refractivity contribution in [1.29, 1.82) is 0 Å². The van der Waals surface area contributed by atoms with Crippen LogP contribution in [0.2, 0.25) is 0 Å². The lowest BCUT2D eigenvalue weighted by molar-refractivity contribution is -0.398. The van der Waals surface area contributed by atoms with Gasteiger partial charge >= 0.3 is 0 Å². The average Bonchev–Trinajstić information content (AvgIpc) is 2.97. The van der Waals surface area contributed by atoms with E-state index in [-0.39, 0.29) is 5.56 Å². The molecule has 6 heteroatoms. The number of fused-ring (bicyclic) bond motifs is 3. The Hall–Kier alpha value is -3.80. The van der Waals surface area contributed by atoms with Crippen LogP contribution in [-0.4, -0.2) is 16.8 Å². The molecule has 3 aromatic carbocycles. The third-order valence-corrected chi connectivity index (χ3v) is 4.23. The van der Waals surface area contributed by atoms with Crippen LogP contribution < -0.4 is 5.11 Å². The van der Waals surface area contributed by atoms with Crippen LogP contribution in [0.1, 0.15) is 16.7 Å². The molecule has 0 aromatic heterocycles. The minimum Gasteiger partial charge on any atom is -0.867 e. The topological polar surface area (TPSA) is 90.9 Å². The van der Waals surface area contributed by atoms with Crippen LogP contribution in [0.5, 0.6) is 5.75 Å². The molecule has 0 fully saturated rings. The van der Waals surface area contributed by atoms with Gasteiger partial charge in [-0.2, -0.15) is 5.10 Å². The van der Waals surface area contributed by atoms with E-state index >= 15 is 0 Å². The van der Waals surface area contributed by atoms with E-state index in [2.05, 4.69) is 10.2 Å². The van der Waals surface area contributed by atoms with E-state index in [9.17, 15) is 15.2 Å². The van der Waals surface area contributed by atoms with E-state index < -0.39 is 16.4 Å². The molecule has 0 atom stereocenters. The van der Waals surface area contributed by atoms with Gasteiger partial charge in [0.05, 0.1) is 11.1 Å². The van der Waals surface area contributed by atoms with Crippen molar-refractivity contribution in [3.05, 3.63) is 93.5 Å². The number of rotatable bonds is 3. The summed E-state index contributed by atoms with van der Waals surface area (Å²) in [5.41, 5.74) is 4.46. The highest BCUT2D eigenvalue weighted by Gasteiger charge is 2.23. The summed E-state index contributed by atoms with van der Waals surface area (Å²) in [5, 5.41) is 31.2. The predicted molar refractivity (Wildman–Crippen MR) is 97.7 cm³/mol. The van der Waals surface area contributed by atoms with Crippen LogP contribution in [0.15, 0.2) is 76.9 Å². The molecule has 6 nitrogen and oxygen atoms in total. The monoisotopic (exact) mass is 342 g/mol. The molecule has 26 heavy (non-hydrogen) atoms. The highest BCUT2D eigenvalue weighted by molar-refractivity contribution is 6.24. The molecule has 0 aliphatic heterocycles. The Morgan fingerprint density at radius 3 is 1.96 bits per heavy atom. The van der Waals surface area contributed by atoms with E-state index in [0.29, 0.717) is 5.71 Å². The lowest BCUT2D eigenvalue weighted by Crippen LogP contribution is -2.02. The zero-order chi connectivity index (χ0) is 18.1. The van der Waals surface area contributed by atoms with E-state index in [0.717, 1.165) is 22.3 Å². The van der Waals surface area contributed by atoms with Gasteiger partial charge in [0, 0.05) is 17.2 Å². The quantitative estimate of drug-likeness (QED) is 0.324. The summed E-state index contributed by atoms with van der Waals surface area (Å²) in [4.78, 5) is 10.2. The van der Waals surface area contributed by atoms with E-state index in [1.165, 1.54) is 24.4 Å². The predicted octanol–water partition coefficient (Wildman–Crippen LogP) is 3.52. The van der Waals surface area contributed by atoms with Crippen molar-refractivity contribution < 1.29 is 10.0 Å². The SMILES string of the molecule is O=[N+]([O-])c1cccc(/C=N\N=C2c3ccccc3-c3ccccc32)c1[O-]. The minimum atomic E-state index is -0.699. The summed E-state index contributed by atoms with van der Waals surface area (Å²) in [7, 11) is 0. The molecule has 0 spiro atoms. The van der Waals surface area contributed by atoms with Crippen molar-refractivity contribution in [2.75, 3.05) is 0 Å². The highest BCUT2D eigenvalue weighted by atomic mass is 16.6. The first-order chi connectivity index (χ1) is 12.7. The summed E-state index contributed by atoms with van der Waals surface area (Å²) in [6.07, 6.45) is 1.26. The van der Waals surface area contributed by atoms with Crippen molar-refractivity contribution in [3.63, 3.8) is 0 Å². The van der Waals surface area contributed by atoms with E-state index in [1.54, 1.807) is 0 Å². The van der Waals surface area contributed by atoms with Gasteiger partial charge in [0.2, 0.25) is 0 Å². The minimum absolute atomic E-state index is 0.128. The van der Waals surface area contributed by atoms with Crippen LogP contribution >= 0.6 is 0 Å². The van der Waals surface area contributed by atoms with Crippen LogP contribution in [0.25, 0.3) is 11.1 Å². The third-order valence-electron chi connectivity index (χ3n) is 4.23. The van der Waals surface area contributed by atoms with Gasteiger partial charge in [0.25, 0.3) is 5.69 Å². The van der Waals surface area contributed by atoms with E-state index in [1.807, 2.05) is 48.5 Å². The molecular formula is C20H12N3O3-. The summed E-state index contributed by atoms with van der Waals surface area (Å²) >= 11 is 0. The lowest BCUT2D eigenvalue weighted by atomic mass is 10.1. The number of hydrogen-bond donors (Lipinski definition) is 0. The first-order valence-electron chi connectivity index (χ1n) is 7.91. The van der Waals surface area contributed by atoms with Crippen LogP contribution in [0.4, 0.5) is 5.69 Å². The second-order valence-corrected chi connectivity index (χ2v) is 5.74. The molecule has 0 saturated carbocycles. The molecule has 1 aliphatic rings. The standard InChI is InChI=1S/C20H13N3O3/c24-20-13(6-5-11-18(20)23(25)26)12-21-22-19-16-9-3-1-7-14(16)15-8-2-4-10-17(15)19/h1-12,24H/p-1/b21-12-. The van der Waals surface area contributed by atoms with Gasteiger partial charge in [0.15, 0.2) is 0 Å². The Labute approximate surface area is 148 Å². The second-order valence-electron chi connectivity index (χ2n) is 5.74. The van der Waals surface area contributed by atoms with Crippen molar-refractivity contribution in [1.82, 2.24) is 0 Å². The number of para-hydroxylation sites is 1. The summed E-state index contributed by atoms with van der Waals surface area (Å²) in [6, 6.07) is 19.9. The Balaban J connectivity index is 1.75. The molecule has 126 valence electrons. The molecule has 0 bridgehead atoms. The van der Waals surface area contributed by atoms with E-state index in [4.69, 9.17) is 0 Å². The molecule has 3 aromatic rings. The molecule has 0 amide bonds. The fraction of sp³-hybridized carbons (Fsp3) is 0. The normalized spacial score (nSPS) is 12.1. The number of nitrogens with zero attached hydrogens (tertiary/aromatic N) is 3. The Kier molecular flexibility index (Phi) is 3.78. The molecule has 0 radical (unpaired) electrons. The highest BCUT2D eigenvalue weighted by Crippen LogP contribution is 2.36. The van der Waals surface area contributed by atoms with Crippen molar-refractivity contribution in [3.8, 4) is 16.9 Å². The summed E-state index contributed by atoms with van der Waals surface area (Å²) in [6.45, 7) is 0. The van der Waals surface area contributed by atoms with Crippen molar-refractivity contribution in [2.45, 2.75) is 0 Å². The maximum atomic E-state index is 12.1. The molecule has 4 rings (SSSR count). The maximum absolute atomic E-state index is 12.1. The summed E-state index contributed by atoms with van der Waals surface area (Å²) < 4.78 is 0.